The van der Waals surface area contributed by atoms with Crippen LogP contribution in [0.3, 0.4) is 0 Å². The minimum absolute atomic E-state index is 0.0303. The van der Waals surface area contributed by atoms with E-state index in [9.17, 15) is 13.2 Å². The highest BCUT2D eigenvalue weighted by Gasteiger charge is 2.31. The van der Waals surface area contributed by atoms with E-state index in [0.29, 0.717) is 11.3 Å². The summed E-state index contributed by atoms with van der Waals surface area (Å²) in [5, 5.41) is 8.57. The van der Waals surface area contributed by atoms with E-state index in [1.165, 1.54) is 6.07 Å². The molecule has 0 aliphatic rings. The Kier molecular flexibility index (Phi) is 3.43. The number of rotatable bonds is 2. The fourth-order valence-corrected chi connectivity index (χ4v) is 1.42. The summed E-state index contributed by atoms with van der Waals surface area (Å²) < 4.78 is 37.3. The molecule has 0 radical (unpaired) electrons. The van der Waals surface area contributed by atoms with Crippen LogP contribution in [-0.4, -0.2) is 14.1 Å². The summed E-state index contributed by atoms with van der Waals surface area (Å²) in [5.74, 6) is 0. The van der Waals surface area contributed by atoms with E-state index < -0.39 is 11.7 Å². The van der Waals surface area contributed by atoms with E-state index in [-0.39, 0.29) is 6.42 Å². The van der Waals surface area contributed by atoms with Crippen LogP contribution >= 0.6 is 0 Å². The van der Waals surface area contributed by atoms with Crippen LogP contribution in [0.1, 0.15) is 11.1 Å². The molecule has 0 amide bonds. The van der Waals surface area contributed by atoms with Crippen molar-refractivity contribution in [2.75, 3.05) is 19.0 Å². The highest BCUT2D eigenvalue weighted by molar-refractivity contribution is 5.55. The van der Waals surface area contributed by atoms with Gasteiger partial charge in [-0.3, -0.25) is 0 Å². The minimum atomic E-state index is -4.37. The Bertz CT molecular complexity index is 416. The second-order valence-corrected chi connectivity index (χ2v) is 3.57. The number of hydrogen-bond acceptors (Lipinski definition) is 2. The first-order valence-electron chi connectivity index (χ1n) is 4.60. The Labute approximate surface area is 91.9 Å². The lowest BCUT2D eigenvalue weighted by Gasteiger charge is -2.18. The van der Waals surface area contributed by atoms with Crippen LogP contribution in [0.4, 0.5) is 18.9 Å². The fraction of sp³-hybridized carbons (Fsp3) is 0.364. The molecule has 16 heavy (non-hydrogen) atoms. The predicted octanol–water partition coefficient (Wildman–Crippen LogP) is 2.84. The molecule has 0 spiro atoms. The number of nitrogens with zero attached hydrogens (tertiary/aromatic N) is 2. The van der Waals surface area contributed by atoms with Gasteiger partial charge in [0.15, 0.2) is 0 Å². The monoisotopic (exact) mass is 228 g/mol. The molecular formula is C11H11F3N2. The summed E-state index contributed by atoms with van der Waals surface area (Å²) in [5.41, 5.74) is 0.306. The van der Waals surface area contributed by atoms with Crippen molar-refractivity contribution in [2.24, 2.45) is 0 Å². The number of benzene rings is 1. The third kappa shape index (κ3) is 2.66. The molecule has 0 aliphatic heterocycles. The lowest BCUT2D eigenvalue weighted by molar-refractivity contribution is -0.137. The first-order chi connectivity index (χ1) is 7.36. The molecule has 0 atom stereocenters. The maximum atomic E-state index is 12.4. The van der Waals surface area contributed by atoms with Gasteiger partial charge < -0.3 is 4.90 Å². The van der Waals surface area contributed by atoms with Gasteiger partial charge in [0.2, 0.25) is 0 Å². The standard InChI is InChI=1S/C11H11F3N2/c1-16(2)10-4-3-9(11(12,13)14)7-8(10)5-6-15/h3-4,7H,5H2,1-2H3. The Hall–Kier alpha value is -1.70. The third-order valence-corrected chi connectivity index (χ3v) is 2.16. The van der Waals surface area contributed by atoms with Crippen molar-refractivity contribution >= 4 is 5.69 Å². The maximum absolute atomic E-state index is 12.4. The van der Waals surface area contributed by atoms with Gasteiger partial charge in [0.05, 0.1) is 18.1 Å². The Morgan fingerprint density at radius 1 is 1.31 bits per heavy atom. The van der Waals surface area contributed by atoms with Gasteiger partial charge in [-0.05, 0) is 23.8 Å². The van der Waals surface area contributed by atoms with Gasteiger partial charge >= 0.3 is 6.18 Å². The molecule has 1 aromatic rings. The van der Waals surface area contributed by atoms with Crippen LogP contribution in [0.2, 0.25) is 0 Å². The largest absolute Gasteiger partial charge is 0.416 e. The van der Waals surface area contributed by atoms with E-state index in [2.05, 4.69) is 0 Å². The number of halogens is 3. The summed E-state index contributed by atoms with van der Waals surface area (Å²) in [7, 11) is 3.45. The molecule has 0 N–H and O–H groups in total. The van der Waals surface area contributed by atoms with Crippen molar-refractivity contribution in [3.05, 3.63) is 29.3 Å². The summed E-state index contributed by atoms with van der Waals surface area (Å²) in [6.07, 6.45) is -4.40. The zero-order chi connectivity index (χ0) is 12.3. The van der Waals surface area contributed by atoms with Crippen molar-refractivity contribution < 1.29 is 13.2 Å². The predicted molar refractivity (Wildman–Crippen MR) is 55.1 cm³/mol. The molecule has 0 fully saturated rings. The van der Waals surface area contributed by atoms with Crippen LogP contribution in [0.25, 0.3) is 0 Å². The summed E-state index contributed by atoms with van der Waals surface area (Å²) in [6, 6.07) is 5.30. The number of alkyl halides is 3. The molecule has 0 saturated heterocycles. The van der Waals surface area contributed by atoms with Crippen LogP contribution in [0.15, 0.2) is 18.2 Å². The van der Waals surface area contributed by atoms with Crippen molar-refractivity contribution in [3.63, 3.8) is 0 Å². The van der Waals surface area contributed by atoms with E-state index in [4.69, 9.17) is 5.26 Å². The van der Waals surface area contributed by atoms with Gasteiger partial charge in [-0.2, -0.15) is 18.4 Å². The van der Waals surface area contributed by atoms with E-state index in [0.717, 1.165) is 12.1 Å². The Balaban J connectivity index is 3.24. The summed E-state index contributed by atoms with van der Waals surface area (Å²) in [6.45, 7) is 0. The second-order valence-electron chi connectivity index (χ2n) is 3.57. The van der Waals surface area contributed by atoms with Crippen molar-refractivity contribution in [3.8, 4) is 6.07 Å². The van der Waals surface area contributed by atoms with E-state index in [1.807, 2.05) is 6.07 Å². The minimum Gasteiger partial charge on any atom is -0.377 e. The van der Waals surface area contributed by atoms with Crippen molar-refractivity contribution in [1.82, 2.24) is 0 Å². The lowest BCUT2D eigenvalue weighted by atomic mass is 10.1. The molecule has 86 valence electrons. The number of anilines is 1. The molecule has 0 unspecified atom stereocenters. The van der Waals surface area contributed by atoms with Gasteiger partial charge in [-0.1, -0.05) is 0 Å². The quantitative estimate of drug-likeness (QED) is 0.778. The smallest absolute Gasteiger partial charge is 0.377 e. The lowest BCUT2D eigenvalue weighted by Crippen LogP contribution is -2.13. The molecule has 0 aromatic heterocycles. The van der Waals surface area contributed by atoms with Crippen LogP contribution in [0, 0.1) is 11.3 Å². The van der Waals surface area contributed by atoms with E-state index >= 15 is 0 Å². The fourth-order valence-electron chi connectivity index (χ4n) is 1.42. The van der Waals surface area contributed by atoms with Gasteiger partial charge in [-0.15, -0.1) is 0 Å². The Morgan fingerprint density at radius 2 is 1.94 bits per heavy atom. The molecule has 2 nitrogen and oxygen atoms in total. The molecule has 0 saturated carbocycles. The topological polar surface area (TPSA) is 27.0 Å². The first kappa shape index (κ1) is 12.4. The van der Waals surface area contributed by atoms with Crippen LogP contribution in [-0.2, 0) is 12.6 Å². The van der Waals surface area contributed by atoms with Crippen LogP contribution < -0.4 is 4.90 Å². The van der Waals surface area contributed by atoms with Crippen molar-refractivity contribution in [2.45, 2.75) is 12.6 Å². The SMILES string of the molecule is CN(C)c1ccc(C(F)(F)F)cc1CC#N. The van der Waals surface area contributed by atoms with Gasteiger partial charge in [0.1, 0.15) is 0 Å². The van der Waals surface area contributed by atoms with Crippen LogP contribution in [0.5, 0.6) is 0 Å². The average molecular weight is 228 g/mol. The molecule has 0 bridgehead atoms. The summed E-state index contributed by atoms with van der Waals surface area (Å²) in [4.78, 5) is 1.69. The van der Waals surface area contributed by atoms with Gasteiger partial charge in [0, 0.05) is 19.8 Å². The molecule has 1 aromatic carbocycles. The zero-order valence-corrected chi connectivity index (χ0v) is 8.97. The molecule has 5 heteroatoms. The first-order valence-corrected chi connectivity index (χ1v) is 4.60. The number of hydrogen-bond donors (Lipinski definition) is 0. The normalized spacial score (nSPS) is 11.0. The molecule has 0 heterocycles. The third-order valence-electron chi connectivity index (χ3n) is 2.16. The highest BCUT2D eigenvalue weighted by atomic mass is 19.4. The molecule has 0 aliphatic carbocycles. The maximum Gasteiger partial charge on any atom is 0.416 e. The van der Waals surface area contributed by atoms with Gasteiger partial charge in [0.25, 0.3) is 0 Å². The van der Waals surface area contributed by atoms with E-state index in [1.54, 1.807) is 19.0 Å². The second kappa shape index (κ2) is 4.44. The average Bonchev–Trinajstić information content (AvgIpc) is 2.16. The molecule has 1 rings (SSSR count). The highest BCUT2D eigenvalue weighted by Crippen LogP contribution is 2.32. The summed E-state index contributed by atoms with van der Waals surface area (Å²) >= 11 is 0. The van der Waals surface area contributed by atoms with Crippen molar-refractivity contribution in [1.29, 1.82) is 5.26 Å². The molecular weight excluding hydrogens is 217 g/mol. The van der Waals surface area contributed by atoms with Gasteiger partial charge in [-0.25, -0.2) is 0 Å². The number of nitriles is 1. The Morgan fingerprint density at radius 3 is 2.38 bits per heavy atom. The zero-order valence-electron chi connectivity index (χ0n) is 8.97.